The van der Waals surface area contributed by atoms with Gasteiger partial charge in [-0.1, -0.05) is 158 Å². The molecule has 0 spiro atoms. The molecule has 198 valence electrons. The van der Waals surface area contributed by atoms with Gasteiger partial charge in [0, 0.05) is 0 Å². The Morgan fingerprint density at radius 3 is 1.67 bits per heavy atom. The molecular formula is C42H30. The number of rotatable bonds is 4. The number of aryl methyl sites for hydroxylation is 1. The zero-order valence-corrected chi connectivity index (χ0v) is 23.6. The molecule has 0 atom stereocenters. The highest BCUT2D eigenvalue weighted by atomic mass is 14.5. The van der Waals surface area contributed by atoms with Gasteiger partial charge in [-0.25, -0.2) is 0 Å². The molecule has 1 aliphatic rings. The summed E-state index contributed by atoms with van der Waals surface area (Å²) < 4.78 is 0. The molecule has 0 saturated heterocycles. The summed E-state index contributed by atoms with van der Waals surface area (Å²) in [5, 5.41) is 2.60. The van der Waals surface area contributed by atoms with Crippen molar-refractivity contribution in [1.82, 2.24) is 0 Å². The lowest BCUT2D eigenvalue weighted by atomic mass is 9.67. The maximum Gasteiger partial charge on any atom is 0.0713 e. The third-order valence-corrected chi connectivity index (χ3v) is 9.19. The van der Waals surface area contributed by atoms with Gasteiger partial charge in [-0.2, -0.15) is 0 Å². The molecule has 0 aliphatic heterocycles. The summed E-state index contributed by atoms with van der Waals surface area (Å²) in [6.07, 6.45) is 0. The third-order valence-electron chi connectivity index (χ3n) is 9.19. The molecule has 0 amide bonds. The van der Waals surface area contributed by atoms with Gasteiger partial charge in [0.15, 0.2) is 0 Å². The predicted molar refractivity (Wildman–Crippen MR) is 177 cm³/mol. The molecule has 0 heteroatoms. The van der Waals surface area contributed by atoms with E-state index >= 15 is 0 Å². The highest BCUT2D eigenvalue weighted by Gasteiger charge is 2.45. The first-order valence-corrected chi connectivity index (χ1v) is 14.7. The lowest BCUT2D eigenvalue weighted by Gasteiger charge is -2.34. The zero-order valence-electron chi connectivity index (χ0n) is 23.6. The molecule has 0 unspecified atom stereocenters. The van der Waals surface area contributed by atoms with Crippen molar-refractivity contribution in [2.45, 2.75) is 12.3 Å². The van der Waals surface area contributed by atoms with E-state index in [9.17, 15) is 0 Å². The summed E-state index contributed by atoms with van der Waals surface area (Å²) in [5.74, 6) is 0. The highest BCUT2D eigenvalue weighted by molar-refractivity contribution is 5.92. The highest BCUT2D eigenvalue weighted by Crippen LogP contribution is 2.56. The molecule has 0 nitrogen and oxygen atoms in total. The van der Waals surface area contributed by atoms with Crippen LogP contribution in [0.15, 0.2) is 164 Å². The topological polar surface area (TPSA) is 0 Å². The smallest absolute Gasteiger partial charge is 0.0622 e. The molecule has 8 rings (SSSR count). The molecule has 0 aromatic heterocycles. The predicted octanol–water partition coefficient (Wildman–Crippen LogP) is 10.8. The van der Waals surface area contributed by atoms with Crippen LogP contribution in [0.1, 0.15) is 27.8 Å². The lowest BCUT2D eigenvalue weighted by Crippen LogP contribution is -2.28. The van der Waals surface area contributed by atoms with Crippen LogP contribution in [0.4, 0.5) is 0 Å². The summed E-state index contributed by atoms with van der Waals surface area (Å²) in [7, 11) is 0. The number of hydrogen-bond acceptors (Lipinski definition) is 0. The van der Waals surface area contributed by atoms with Crippen molar-refractivity contribution >= 4 is 10.8 Å². The van der Waals surface area contributed by atoms with Crippen molar-refractivity contribution in [3.63, 3.8) is 0 Å². The van der Waals surface area contributed by atoms with Crippen LogP contribution < -0.4 is 0 Å². The van der Waals surface area contributed by atoms with Crippen LogP contribution in [0.3, 0.4) is 0 Å². The SMILES string of the molecule is Cc1c(-c2ccc(-c3ccc4c(c3)C(c3ccccc3)(c3ccccc3)c3ccccc3-4)cc2)ccc2ccccc12. The van der Waals surface area contributed by atoms with Crippen LogP contribution in [0.2, 0.25) is 0 Å². The minimum atomic E-state index is -0.382. The molecule has 1 aliphatic carbocycles. The van der Waals surface area contributed by atoms with Crippen molar-refractivity contribution in [2.75, 3.05) is 0 Å². The first kappa shape index (κ1) is 24.6. The monoisotopic (exact) mass is 534 g/mol. The average Bonchev–Trinajstić information content (AvgIpc) is 3.36. The summed E-state index contributed by atoms with van der Waals surface area (Å²) in [4.78, 5) is 0. The largest absolute Gasteiger partial charge is 0.0713 e. The van der Waals surface area contributed by atoms with E-state index in [2.05, 4.69) is 171 Å². The summed E-state index contributed by atoms with van der Waals surface area (Å²) >= 11 is 0. The molecule has 0 radical (unpaired) electrons. The van der Waals surface area contributed by atoms with E-state index in [4.69, 9.17) is 0 Å². The minimum absolute atomic E-state index is 0.382. The van der Waals surface area contributed by atoms with Crippen LogP contribution in [-0.2, 0) is 5.41 Å². The normalized spacial score (nSPS) is 13.1. The molecule has 42 heavy (non-hydrogen) atoms. The fourth-order valence-electron chi connectivity index (χ4n) is 7.21. The summed E-state index contributed by atoms with van der Waals surface area (Å²) in [6.45, 7) is 2.23. The van der Waals surface area contributed by atoms with Gasteiger partial charge in [0.2, 0.25) is 0 Å². The quantitative estimate of drug-likeness (QED) is 0.211. The maximum absolute atomic E-state index is 2.44. The molecular weight excluding hydrogens is 504 g/mol. The second-order valence-electron chi connectivity index (χ2n) is 11.3. The van der Waals surface area contributed by atoms with E-state index in [1.54, 1.807) is 0 Å². The summed E-state index contributed by atoms with van der Waals surface area (Å²) in [5.41, 5.74) is 13.8. The van der Waals surface area contributed by atoms with E-state index < -0.39 is 0 Å². The van der Waals surface area contributed by atoms with Crippen molar-refractivity contribution in [3.05, 3.63) is 192 Å². The Hall–Kier alpha value is -5.20. The molecule has 0 N–H and O–H groups in total. The van der Waals surface area contributed by atoms with Gasteiger partial charge < -0.3 is 0 Å². The van der Waals surface area contributed by atoms with Gasteiger partial charge in [0.05, 0.1) is 5.41 Å². The average molecular weight is 535 g/mol. The molecule has 0 fully saturated rings. The van der Waals surface area contributed by atoms with Crippen LogP contribution in [0.5, 0.6) is 0 Å². The number of fused-ring (bicyclic) bond motifs is 4. The fraction of sp³-hybridized carbons (Fsp3) is 0.0476. The van der Waals surface area contributed by atoms with Crippen molar-refractivity contribution < 1.29 is 0 Å². The summed E-state index contributed by atoms with van der Waals surface area (Å²) in [6, 6.07) is 60.2. The Kier molecular flexibility index (Phi) is 5.69. The first-order chi connectivity index (χ1) is 20.7. The van der Waals surface area contributed by atoms with Crippen LogP contribution >= 0.6 is 0 Å². The van der Waals surface area contributed by atoms with Crippen LogP contribution in [0.25, 0.3) is 44.2 Å². The molecule has 0 heterocycles. The van der Waals surface area contributed by atoms with Crippen molar-refractivity contribution in [2.24, 2.45) is 0 Å². The molecule has 7 aromatic rings. The Morgan fingerprint density at radius 1 is 0.381 bits per heavy atom. The Bertz CT molecular complexity index is 2030. The van der Waals surface area contributed by atoms with E-state index in [-0.39, 0.29) is 5.41 Å². The molecule has 7 aromatic carbocycles. The van der Waals surface area contributed by atoms with Gasteiger partial charge in [-0.15, -0.1) is 0 Å². The van der Waals surface area contributed by atoms with Gasteiger partial charge in [0.1, 0.15) is 0 Å². The number of hydrogen-bond donors (Lipinski definition) is 0. The van der Waals surface area contributed by atoms with Crippen molar-refractivity contribution in [3.8, 4) is 33.4 Å². The van der Waals surface area contributed by atoms with E-state index in [0.29, 0.717) is 0 Å². The maximum atomic E-state index is 2.44. The van der Waals surface area contributed by atoms with E-state index in [1.807, 2.05) is 0 Å². The zero-order chi connectivity index (χ0) is 28.1. The lowest BCUT2D eigenvalue weighted by molar-refractivity contribution is 0.769. The van der Waals surface area contributed by atoms with Crippen LogP contribution in [0, 0.1) is 6.92 Å². The van der Waals surface area contributed by atoms with E-state index in [1.165, 1.54) is 72.0 Å². The van der Waals surface area contributed by atoms with E-state index in [0.717, 1.165) is 0 Å². The fourth-order valence-corrected chi connectivity index (χ4v) is 7.21. The van der Waals surface area contributed by atoms with Gasteiger partial charge in [0.25, 0.3) is 0 Å². The standard InChI is InChI=1S/C42H30/c1-29-36-17-9-8-12-31(36)24-26-37(29)32-22-20-30(21-23-32)33-25-27-39-38-18-10-11-19-40(38)42(41(39)28-33,34-13-4-2-5-14-34)35-15-6-3-7-16-35/h2-28H,1H3. The number of benzene rings is 7. The second-order valence-corrected chi connectivity index (χ2v) is 11.3. The third kappa shape index (κ3) is 3.62. The van der Waals surface area contributed by atoms with Crippen LogP contribution in [-0.4, -0.2) is 0 Å². The minimum Gasteiger partial charge on any atom is -0.0622 e. The second kappa shape index (κ2) is 9.72. The van der Waals surface area contributed by atoms with Crippen molar-refractivity contribution in [1.29, 1.82) is 0 Å². The molecule has 0 bridgehead atoms. The molecule has 0 saturated carbocycles. The van der Waals surface area contributed by atoms with Gasteiger partial charge in [-0.3, -0.25) is 0 Å². The Labute approximate surface area is 247 Å². The van der Waals surface area contributed by atoms with Gasteiger partial charge in [-0.05, 0) is 85.0 Å². The van der Waals surface area contributed by atoms with Gasteiger partial charge >= 0.3 is 0 Å². The Morgan fingerprint density at radius 2 is 0.929 bits per heavy atom. The Balaban J connectivity index is 1.29. The first-order valence-electron chi connectivity index (χ1n) is 14.7.